The van der Waals surface area contributed by atoms with Gasteiger partial charge in [0.25, 0.3) is 0 Å². The maximum Gasteiger partial charge on any atom is 0.376 e. The summed E-state index contributed by atoms with van der Waals surface area (Å²) in [6, 6.07) is 0. The minimum absolute atomic E-state index is 0.106. The Labute approximate surface area is 128 Å². The molecule has 4 aliphatic carbocycles. The third kappa shape index (κ3) is 2.10. The van der Waals surface area contributed by atoms with Crippen LogP contribution in [0.25, 0.3) is 0 Å². The molecule has 0 radical (unpaired) electrons. The van der Waals surface area contributed by atoms with Gasteiger partial charge in [-0.15, -0.1) is 0 Å². The standard InChI is InChI=1S/C16H22F2O4/c1-14(17,18)13(19)20-9-15-6-10-4-11(7-15)16(12(5-10)8-15)21-2-3-22-16/h10-12H,2-9H2,1H3. The summed E-state index contributed by atoms with van der Waals surface area (Å²) in [5.41, 5.74) is -0.155. The molecule has 0 aromatic rings. The first-order chi connectivity index (χ1) is 10.3. The molecule has 2 unspecified atom stereocenters. The Hall–Kier alpha value is -0.750. The van der Waals surface area contributed by atoms with Gasteiger partial charge in [-0.25, -0.2) is 4.79 Å². The van der Waals surface area contributed by atoms with Crippen LogP contribution in [-0.2, 0) is 19.0 Å². The average Bonchev–Trinajstić information content (AvgIpc) is 2.91. The average molecular weight is 316 g/mol. The van der Waals surface area contributed by atoms with Gasteiger partial charge in [0.2, 0.25) is 0 Å². The first kappa shape index (κ1) is 14.8. The summed E-state index contributed by atoms with van der Waals surface area (Å²) >= 11 is 0. The van der Waals surface area contributed by atoms with E-state index in [1.165, 1.54) is 0 Å². The van der Waals surface area contributed by atoms with Crippen LogP contribution >= 0.6 is 0 Å². The predicted molar refractivity (Wildman–Crippen MR) is 72.2 cm³/mol. The smallest absolute Gasteiger partial charge is 0.376 e. The second kappa shape index (κ2) is 4.63. The molecule has 0 aromatic heterocycles. The molecule has 0 N–H and O–H groups in total. The van der Waals surface area contributed by atoms with E-state index in [-0.39, 0.29) is 12.0 Å². The molecule has 4 nitrogen and oxygen atoms in total. The zero-order valence-corrected chi connectivity index (χ0v) is 12.8. The van der Waals surface area contributed by atoms with Gasteiger partial charge in [-0.05, 0) is 38.0 Å². The molecule has 124 valence electrons. The van der Waals surface area contributed by atoms with Gasteiger partial charge in [0.1, 0.15) is 0 Å². The SMILES string of the molecule is CC(F)(F)C(=O)OCC12CC3CC(C1)C1(OCCO1)C(C3)C2. The van der Waals surface area contributed by atoms with Gasteiger partial charge in [-0.3, -0.25) is 0 Å². The van der Waals surface area contributed by atoms with Crippen LogP contribution in [0.1, 0.15) is 39.0 Å². The quantitative estimate of drug-likeness (QED) is 0.751. The van der Waals surface area contributed by atoms with E-state index in [2.05, 4.69) is 0 Å². The van der Waals surface area contributed by atoms with Crippen molar-refractivity contribution in [3.63, 3.8) is 0 Å². The van der Waals surface area contributed by atoms with Gasteiger partial charge in [-0.1, -0.05) is 0 Å². The van der Waals surface area contributed by atoms with E-state index in [4.69, 9.17) is 14.2 Å². The van der Waals surface area contributed by atoms with Crippen LogP contribution in [0.5, 0.6) is 0 Å². The van der Waals surface area contributed by atoms with Crippen LogP contribution in [0.4, 0.5) is 8.78 Å². The summed E-state index contributed by atoms with van der Waals surface area (Å²) in [5, 5.41) is 0. The fourth-order valence-electron chi connectivity index (χ4n) is 5.53. The molecule has 6 heteroatoms. The van der Waals surface area contributed by atoms with Crippen molar-refractivity contribution in [2.75, 3.05) is 19.8 Å². The molecule has 1 aliphatic heterocycles. The van der Waals surface area contributed by atoms with Crippen molar-refractivity contribution < 1.29 is 27.8 Å². The Kier molecular flexibility index (Phi) is 3.12. The number of esters is 1. The largest absolute Gasteiger partial charge is 0.461 e. The van der Waals surface area contributed by atoms with Crippen molar-refractivity contribution in [1.82, 2.24) is 0 Å². The fourth-order valence-corrected chi connectivity index (χ4v) is 5.53. The Balaban J connectivity index is 1.50. The van der Waals surface area contributed by atoms with Gasteiger partial charge in [-0.2, -0.15) is 8.78 Å². The van der Waals surface area contributed by atoms with Crippen LogP contribution in [-0.4, -0.2) is 37.5 Å². The van der Waals surface area contributed by atoms with E-state index in [1.807, 2.05) is 0 Å². The van der Waals surface area contributed by atoms with Crippen molar-refractivity contribution in [3.05, 3.63) is 0 Å². The number of carbonyl (C=O) groups excluding carboxylic acids is 1. The molecule has 1 saturated heterocycles. The molecule has 5 fully saturated rings. The highest BCUT2D eigenvalue weighted by molar-refractivity contribution is 5.76. The van der Waals surface area contributed by atoms with Crippen LogP contribution in [0.15, 0.2) is 0 Å². The number of halogens is 2. The second-order valence-corrected chi connectivity index (χ2v) is 7.73. The lowest BCUT2D eigenvalue weighted by Gasteiger charge is -2.62. The van der Waals surface area contributed by atoms with Crippen LogP contribution in [0, 0.1) is 23.2 Å². The number of rotatable bonds is 3. The van der Waals surface area contributed by atoms with Crippen molar-refractivity contribution in [1.29, 1.82) is 0 Å². The molecule has 4 saturated carbocycles. The van der Waals surface area contributed by atoms with Gasteiger partial charge in [0.05, 0.1) is 19.8 Å². The Morgan fingerprint density at radius 3 is 2.32 bits per heavy atom. The fraction of sp³-hybridized carbons (Fsp3) is 0.938. The summed E-state index contributed by atoms with van der Waals surface area (Å²) in [6.45, 7) is 1.97. The first-order valence-corrected chi connectivity index (χ1v) is 8.16. The molecule has 1 spiro atoms. The summed E-state index contributed by atoms with van der Waals surface area (Å²) < 4.78 is 43.0. The molecule has 0 amide bonds. The summed E-state index contributed by atoms with van der Waals surface area (Å²) in [5.74, 6) is -4.08. The Morgan fingerprint density at radius 2 is 1.77 bits per heavy atom. The Morgan fingerprint density at radius 1 is 1.18 bits per heavy atom. The lowest BCUT2D eigenvalue weighted by atomic mass is 9.47. The predicted octanol–water partition coefficient (Wildman–Crippen LogP) is 2.75. The highest BCUT2D eigenvalue weighted by Crippen LogP contribution is 2.65. The highest BCUT2D eigenvalue weighted by atomic mass is 19.3. The van der Waals surface area contributed by atoms with E-state index in [0.29, 0.717) is 37.9 Å². The lowest BCUT2D eigenvalue weighted by Crippen LogP contribution is -2.62. The summed E-state index contributed by atoms with van der Waals surface area (Å²) in [4.78, 5) is 11.4. The molecular weight excluding hydrogens is 294 g/mol. The minimum Gasteiger partial charge on any atom is -0.461 e. The molecule has 0 aromatic carbocycles. The van der Waals surface area contributed by atoms with E-state index in [0.717, 1.165) is 32.1 Å². The maximum absolute atomic E-state index is 13.0. The molecule has 1 heterocycles. The van der Waals surface area contributed by atoms with Crippen molar-refractivity contribution >= 4 is 5.97 Å². The molecule has 5 rings (SSSR count). The highest BCUT2D eigenvalue weighted by Gasteiger charge is 2.65. The number of carbonyl (C=O) groups is 1. The first-order valence-electron chi connectivity index (χ1n) is 8.16. The normalized spacial score (nSPS) is 42.0. The van der Waals surface area contributed by atoms with Crippen molar-refractivity contribution in [2.24, 2.45) is 23.2 Å². The summed E-state index contributed by atoms with van der Waals surface area (Å²) in [7, 11) is 0. The van der Waals surface area contributed by atoms with Crippen molar-refractivity contribution in [3.8, 4) is 0 Å². The van der Waals surface area contributed by atoms with Gasteiger partial charge in [0, 0.05) is 24.2 Å². The molecule has 5 aliphatic rings. The van der Waals surface area contributed by atoms with Crippen LogP contribution in [0.2, 0.25) is 0 Å². The monoisotopic (exact) mass is 316 g/mol. The van der Waals surface area contributed by atoms with Crippen molar-refractivity contribution in [2.45, 2.75) is 50.7 Å². The molecule has 2 atom stereocenters. The zero-order valence-electron chi connectivity index (χ0n) is 12.8. The van der Waals surface area contributed by atoms with E-state index in [1.54, 1.807) is 0 Å². The molecular formula is C16H22F2O4. The number of alkyl halides is 2. The third-order valence-corrected chi connectivity index (χ3v) is 6.06. The van der Waals surface area contributed by atoms with Crippen LogP contribution in [0.3, 0.4) is 0 Å². The topological polar surface area (TPSA) is 44.8 Å². The maximum atomic E-state index is 13.0. The van der Waals surface area contributed by atoms with Gasteiger partial charge < -0.3 is 14.2 Å². The second-order valence-electron chi connectivity index (χ2n) is 7.73. The van der Waals surface area contributed by atoms with E-state index in [9.17, 15) is 13.6 Å². The van der Waals surface area contributed by atoms with Gasteiger partial charge in [0.15, 0.2) is 5.79 Å². The zero-order chi connectivity index (χ0) is 15.6. The lowest BCUT2D eigenvalue weighted by molar-refractivity contribution is -0.306. The van der Waals surface area contributed by atoms with E-state index >= 15 is 0 Å². The number of hydrogen-bond acceptors (Lipinski definition) is 4. The Bertz CT molecular complexity index is 463. The number of hydrogen-bond donors (Lipinski definition) is 0. The minimum atomic E-state index is -3.42. The number of ether oxygens (including phenoxy) is 3. The third-order valence-electron chi connectivity index (χ3n) is 6.06. The summed E-state index contributed by atoms with van der Waals surface area (Å²) in [6.07, 6.45) is 4.83. The molecule has 4 bridgehead atoms. The molecule has 22 heavy (non-hydrogen) atoms. The van der Waals surface area contributed by atoms with Gasteiger partial charge >= 0.3 is 11.9 Å². The van der Waals surface area contributed by atoms with Crippen LogP contribution < -0.4 is 0 Å². The van der Waals surface area contributed by atoms with E-state index < -0.39 is 17.7 Å².